The molecule has 0 amide bonds. The van der Waals surface area contributed by atoms with Crippen molar-refractivity contribution in [3.05, 3.63) is 125 Å². The molecule has 4 aromatic rings. The van der Waals surface area contributed by atoms with Gasteiger partial charge in [-0.3, -0.25) is 4.55 Å². The lowest BCUT2D eigenvalue weighted by molar-refractivity contribution is 0.483. The van der Waals surface area contributed by atoms with Crippen LogP contribution >= 0.6 is 0 Å². The zero-order valence-electron chi connectivity index (χ0n) is 17.3. The maximum Gasteiger partial charge on any atom is 0.295 e. The SMILES string of the molecule is O=S(=O)(O)c1cc(/C=C/c2ccccc2)ccc1-c1ccc(/C=C/c2ccccc2)cc1. The third-order valence-corrected chi connectivity index (χ3v) is 5.93. The first-order chi connectivity index (χ1) is 15.5. The lowest BCUT2D eigenvalue weighted by Crippen LogP contribution is -2.01. The summed E-state index contributed by atoms with van der Waals surface area (Å²) in [7, 11) is -4.39. The molecule has 0 fully saturated rings. The molecule has 0 bridgehead atoms. The molecule has 4 heteroatoms. The van der Waals surface area contributed by atoms with Gasteiger partial charge in [0.25, 0.3) is 10.1 Å². The summed E-state index contributed by atoms with van der Waals surface area (Å²) in [5.74, 6) is 0. The summed E-state index contributed by atoms with van der Waals surface area (Å²) in [6, 6.07) is 32.3. The van der Waals surface area contributed by atoms with Gasteiger partial charge in [-0.1, -0.05) is 121 Å². The van der Waals surface area contributed by atoms with Gasteiger partial charge in [0.1, 0.15) is 4.90 Å². The van der Waals surface area contributed by atoms with E-state index in [-0.39, 0.29) is 4.90 Å². The summed E-state index contributed by atoms with van der Waals surface area (Å²) in [6.07, 6.45) is 7.74. The average Bonchev–Trinajstić information content (AvgIpc) is 2.82. The van der Waals surface area contributed by atoms with Crippen LogP contribution in [-0.4, -0.2) is 13.0 Å². The Balaban J connectivity index is 1.62. The standard InChI is InChI=1S/C28H22O3S/c29-32(30,31)28-21-25(14-13-23-9-5-2-6-10-23)17-20-27(28)26-18-15-24(16-19-26)12-11-22-7-3-1-4-8-22/h1-21H,(H,29,30,31)/b12-11+,14-13+. The van der Waals surface area contributed by atoms with E-state index in [0.29, 0.717) is 16.7 Å². The molecule has 0 spiro atoms. The van der Waals surface area contributed by atoms with Gasteiger partial charge in [0.05, 0.1) is 0 Å². The first kappa shape index (κ1) is 21.5. The van der Waals surface area contributed by atoms with Crippen molar-refractivity contribution in [2.75, 3.05) is 0 Å². The molecule has 0 radical (unpaired) electrons. The van der Waals surface area contributed by atoms with Crippen molar-refractivity contribution in [1.82, 2.24) is 0 Å². The summed E-state index contributed by atoms with van der Waals surface area (Å²) in [5.41, 5.74) is 4.96. The van der Waals surface area contributed by atoms with Gasteiger partial charge in [-0.05, 0) is 33.9 Å². The van der Waals surface area contributed by atoms with E-state index in [9.17, 15) is 13.0 Å². The fourth-order valence-electron chi connectivity index (χ4n) is 3.38. The molecule has 0 aliphatic heterocycles. The Morgan fingerprint density at radius 3 is 1.47 bits per heavy atom. The Hall–Kier alpha value is -3.73. The Morgan fingerprint density at radius 1 is 0.531 bits per heavy atom. The minimum atomic E-state index is -4.39. The van der Waals surface area contributed by atoms with Crippen LogP contribution in [0.5, 0.6) is 0 Å². The van der Waals surface area contributed by atoms with E-state index < -0.39 is 10.1 Å². The van der Waals surface area contributed by atoms with Crippen molar-refractivity contribution in [2.45, 2.75) is 4.90 Å². The highest BCUT2D eigenvalue weighted by Crippen LogP contribution is 2.29. The largest absolute Gasteiger partial charge is 0.295 e. The van der Waals surface area contributed by atoms with Crippen LogP contribution in [0.2, 0.25) is 0 Å². The molecule has 0 saturated heterocycles. The third kappa shape index (κ3) is 5.49. The van der Waals surface area contributed by atoms with Crippen LogP contribution in [0, 0.1) is 0 Å². The highest BCUT2D eigenvalue weighted by Gasteiger charge is 2.17. The van der Waals surface area contributed by atoms with E-state index in [1.807, 2.05) is 115 Å². The fourth-order valence-corrected chi connectivity index (χ4v) is 4.13. The van der Waals surface area contributed by atoms with E-state index in [2.05, 4.69) is 0 Å². The molecule has 0 heterocycles. The van der Waals surface area contributed by atoms with E-state index in [0.717, 1.165) is 16.7 Å². The van der Waals surface area contributed by atoms with Gasteiger partial charge in [0, 0.05) is 5.56 Å². The highest BCUT2D eigenvalue weighted by molar-refractivity contribution is 7.86. The summed E-state index contributed by atoms with van der Waals surface area (Å²) < 4.78 is 34.0. The molecule has 4 aromatic carbocycles. The van der Waals surface area contributed by atoms with Gasteiger partial charge in [-0.2, -0.15) is 8.42 Å². The number of hydrogen-bond acceptors (Lipinski definition) is 2. The van der Waals surface area contributed by atoms with Gasteiger partial charge in [0.2, 0.25) is 0 Å². The Labute approximate surface area is 188 Å². The summed E-state index contributed by atoms with van der Waals surface area (Å²) >= 11 is 0. The molecular weight excluding hydrogens is 416 g/mol. The van der Waals surface area contributed by atoms with Crippen molar-refractivity contribution >= 4 is 34.4 Å². The minimum absolute atomic E-state index is 0.111. The average molecular weight is 439 g/mol. The second-order valence-electron chi connectivity index (χ2n) is 7.34. The molecule has 1 N–H and O–H groups in total. The molecule has 3 nitrogen and oxygen atoms in total. The molecule has 158 valence electrons. The van der Waals surface area contributed by atoms with E-state index in [1.54, 1.807) is 6.07 Å². The van der Waals surface area contributed by atoms with Crippen LogP contribution in [0.25, 0.3) is 35.4 Å². The maximum atomic E-state index is 12.1. The molecule has 0 saturated carbocycles. The predicted molar refractivity (Wildman–Crippen MR) is 132 cm³/mol. The molecule has 0 atom stereocenters. The van der Waals surface area contributed by atoms with Crippen molar-refractivity contribution in [2.24, 2.45) is 0 Å². The number of rotatable bonds is 6. The Kier molecular flexibility index (Phi) is 6.45. The fraction of sp³-hybridized carbons (Fsp3) is 0. The van der Waals surface area contributed by atoms with Gasteiger partial charge >= 0.3 is 0 Å². The smallest absolute Gasteiger partial charge is 0.282 e. The van der Waals surface area contributed by atoms with Crippen LogP contribution in [0.1, 0.15) is 22.3 Å². The zero-order chi connectivity index (χ0) is 22.4. The molecule has 0 aliphatic rings. The van der Waals surface area contributed by atoms with Crippen LogP contribution in [-0.2, 0) is 10.1 Å². The van der Waals surface area contributed by atoms with Crippen molar-refractivity contribution in [3.8, 4) is 11.1 Å². The summed E-state index contributed by atoms with van der Waals surface area (Å²) in [4.78, 5) is -0.111. The molecular formula is C28H22O3S. The quantitative estimate of drug-likeness (QED) is 0.262. The van der Waals surface area contributed by atoms with Crippen LogP contribution in [0.3, 0.4) is 0 Å². The summed E-state index contributed by atoms with van der Waals surface area (Å²) in [6.45, 7) is 0. The van der Waals surface area contributed by atoms with Crippen molar-refractivity contribution in [1.29, 1.82) is 0 Å². The number of benzene rings is 4. The van der Waals surface area contributed by atoms with Gasteiger partial charge in [0.15, 0.2) is 0 Å². The molecule has 0 aromatic heterocycles. The predicted octanol–water partition coefficient (Wildman–Crippen LogP) is 6.94. The van der Waals surface area contributed by atoms with Crippen LogP contribution < -0.4 is 0 Å². The molecule has 0 unspecified atom stereocenters. The van der Waals surface area contributed by atoms with Crippen molar-refractivity contribution < 1.29 is 13.0 Å². The Bertz CT molecular complexity index is 1350. The lowest BCUT2D eigenvalue weighted by Gasteiger charge is -2.09. The Morgan fingerprint density at radius 2 is 0.969 bits per heavy atom. The van der Waals surface area contributed by atoms with Crippen LogP contribution in [0.15, 0.2) is 108 Å². The van der Waals surface area contributed by atoms with E-state index >= 15 is 0 Å². The van der Waals surface area contributed by atoms with Gasteiger partial charge in [-0.15, -0.1) is 0 Å². The lowest BCUT2D eigenvalue weighted by atomic mass is 10.0. The van der Waals surface area contributed by atoms with Gasteiger partial charge < -0.3 is 0 Å². The first-order valence-corrected chi connectivity index (χ1v) is 11.6. The van der Waals surface area contributed by atoms with Crippen molar-refractivity contribution in [3.63, 3.8) is 0 Å². The zero-order valence-corrected chi connectivity index (χ0v) is 18.1. The third-order valence-electron chi connectivity index (χ3n) is 5.04. The van der Waals surface area contributed by atoms with E-state index in [1.165, 1.54) is 6.07 Å². The van der Waals surface area contributed by atoms with Gasteiger partial charge in [-0.25, -0.2) is 0 Å². The molecule has 32 heavy (non-hydrogen) atoms. The highest BCUT2D eigenvalue weighted by atomic mass is 32.2. The monoisotopic (exact) mass is 438 g/mol. The topological polar surface area (TPSA) is 54.4 Å². The van der Waals surface area contributed by atoms with Crippen LogP contribution in [0.4, 0.5) is 0 Å². The molecule has 0 aliphatic carbocycles. The maximum absolute atomic E-state index is 12.1. The normalized spacial score (nSPS) is 11.9. The second-order valence-corrected chi connectivity index (χ2v) is 8.73. The summed E-state index contributed by atoms with van der Waals surface area (Å²) in [5, 5.41) is 0. The number of hydrogen-bond donors (Lipinski definition) is 1. The van der Waals surface area contributed by atoms with E-state index in [4.69, 9.17) is 0 Å². The second kappa shape index (κ2) is 9.60. The minimum Gasteiger partial charge on any atom is -0.282 e. The molecule has 4 rings (SSSR count). The first-order valence-electron chi connectivity index (χ1n) is 10.2.